The third-order valence-corrected chi connectivity index (χ3v) is 3.95. The van der Waals surface area contributed by atoms with Gasteiger partial charge in [0.15, 0.2) is 11.5 Å². The van der Waals surface area contributed by atoms with Gasteiger partial charge < -0.3 is 9.47 Å². The predicted molar refractivity (Wildman–Crippen MR) is 74.5 cm³/mol. The van der Waals surface area contributed by atoms with Crippen molar-refractivity contribution in [3.8, 4) is 11.5 Å². The fourth-order valence-electron chi connectivity index (χ4n) is 2.60. The van der Waals surface area contributed by atoms with Crippen LogP contribution in [0.2, 0.25) is 0 Å². The Bertz CT molecular complexity index is 445. The zero-order valence-corrected chi connectivity index (χ0v) is 11.9. The molecule has 1 aromatic carbocycles. The van der Waals surface area contributed by atoms with Gasteiger partial charge in [0.1, 0.15) is 0 Å². The normalized spacial score (nSPS) is 22.9. The Morgan fingerprint density at radius 1 is 1.21 bits per heavy atom. The van der Waals surface area contributed by atoms with Gasteiger partial charge in [-0.2, -0.15) is 0 Å². The fourth-order valence-corrected chi connectivity index (χ4v) is 2.60. The number of benzene rings is 1. The van der Waals surface area contributed by atoms with Crippen molar-refractivity contribution >= 4 is 5.97 Å². The van der Waals surface area contributed by atoms with E-state index in [1.807, 2.05) is 25.1 Å². The zero-order chi connectivity index (χ0) is 13.8. The molecule has 0 saturated heterocycles. The summed E-state index contributed by atoms with van der Waals surface area (Å²) in [5.74, 6) is 1.85. The summed E-state index contributed by atoms with van der Waals surface area (Å²) in [7, 11) is 1.59. The maximum atomic E-state index is 12.2. The van der Waals surface area contributed by atoms with Gasteiger partial charge >= 0.3 is 5.97 Å². The molecule has 2 rings (SSSR count). The minimum absolute atomic E-state index is 0.0421. The second-order valence-electron chi connectivity index (χ2n) is 5.48. The van der Waals surface area contributed by atoms with Gasteiger partial charge in [-0.25, -0.2) is 0 Å². The fraction of sp³-hybridized carbons (Fsp3) is 0.562. The lowest BCUT2D eigenvalue weighted by Gasteiger charge is -2.25. The van der Waals surface area contributed by atoms with Crippen LogP contribution in [0.3, 0.4) is 0 Å². The summed E-state index contributed by atoms with van der Waals surface area (Å²) in [6.45, 7) is 4.17. The molecule has 0 spiro atoms. The molecule has 1 aliphatic carbocycles. The minimum Gasteiger partial charge on any atom is -0.493 e. The first-order valence-corrected chi connectivity index (χ1v) is 6.97. The van der Waals surface area contributed by atoms with Crippen LogP contribution in [0, 0.1) is 18.8 Å². The molecule has 0 unspecified atom stereocenters. The van der Waals surface area contributed by atoms with Crippen molar-refractivity contribution in [2.45, 2.75) is 39.5 Å². The molecule has 0 heterocycles. The molecule has 0 bridgehead atoms. The Labute approximate surface area is 114 Å². The number of ether oxygens (including phenoxy) is 2. The van der Waals surface area contributed by atoms with Gasteiger partial charge in [0.25, 0.3) is 0 Å². The lowest BCUT2D eigenvalue weighted by Crippen LogP contribution is -2.25. The molecule has 104 valence electrons. The topological polar surface area (TPSA) is 35.5 Å². The van der Waals surface area contributed by atoms with Crippen molar-refractivity contribution in [2.75, 3.05) is 7.11 Å². The molecule has 0 aliphatic heterocycles. The third kappa shape index (κ3) is 3.28. The van der Waals surface area contributed by atoms with Crippen LogP contribution < -0.4 is 9.47 Å². The van der Waals surface area contributed by atoms with Crippen LogP contribution in [0.4, 0.5) is 0 Å². The van der Waals surface area contributed by atoms with Crippen LogP contribution in [0.1, 0.15) is 38.2 Å². The molecule has 0 amide bonds. The maximum absolute atomic E-state index is 12.2. The van der Waals surface area contributed by atoms with Crippen LogP contribution in [-0.4, -0.2) is 13.1 Å². The number of hydrogen-bond donors (Lipinski definition) is 0. The highest BCUT2D eigenvalue weighted by Crippen LogP contribution is 2.34. The molecular formula is C16H22O3. The summed E-state index contributed by atoms with van der Waals surface area (Å²) in [6.07, 6.45) is 4.11. The molecule has 19 heavy (non-hydrogen) atoms. The van der Waals surface area contributed by atoms with E-state index in [0.717, 1.165) is 37.2 Å². The lowest BCUT2D eigenvalue weighted by atomic mass is 9.83. The number of hydrogen-bond acceptors (Lipinski definition) is 3. The number of carbonyl (C=O) groups excluding carboxylic acids is 1. The van der Waals surface area contributed by atoms with E-state index in [-0.39, 0.29) is 11.9 Å². The Morgan fingerprint density at radius 3 is 2.53 bits per heavy atom. The van der Waals surface area contributed by atoms with Gasteiger partial charge in [0, 0.05) is 0 Å². The summed E-state index contributed by atoms with van der Waals surface area (Å²) < 4.78 is 10.8. The standard InChI is InChI=1S/C16H22O3/c1-11-7-9-13(10-8-11)16(17)19-15-12(2)5-4-6-14(15)18-3/h4-6,11,13H,7-10H2,1-3H3. The van der Waals surface area contributed by atoms with Gasteiger partial charge in [0.2, 0.25) is 0 Å². The Kier molecular flexibility index (Phi) is 4.46. The van der Waals surface area contributed by atoms with Crippen molar-refractivity contribution in [1.82, 2.24) is 0 Å². The molecular weight excluding hydrogens is 240 g/mol. The monoisotopic (exact) mass is 262 g/mol. The van der Waals surface area contributed by atoms with E-state index in [2.05, 4.69) is 6.92 Å². The zero-order valence-electron chi connectivity index (χ0n) is 11.9. The molecule has 1 aliphatic rings. The number of methoxy groups -OCH3 is 1. The van der Waals surface area contributed by atoms with E-state index in [4.69, 9.17) is 9.47 Å². The summed E-state index contributed by atoms with van der Waals surface area (Å²) in [6, 6.07) is 5.64. The molecule has 0 atom stereocenters. The molecule has 0 aromatic heterocycles. The van der Waals surface area contributed by atoms with Gasteiger partial charge in [-0.3, -0.25) is 4.79 Å². The van der Waals surface area contributed by atoms with Gasteiger partial charge in [-0.15, -0.1) is 0 Å². The number of esters is 1. The van der Waals surface area contributed by atoms with Gasteiger partial charge in [-0.05, 0) is 50.2 Å². The second kappa shape index (κ2) is 6.09. The van der Waals surface area contributed by atoms with E-state index >= 15 is 0 Å². The highest BCUT2D eigenvalue weighted by atomic mass is 16.6. The third-order valence-electron chi connectivity index (χ3n) is 3.95. The van der Waals surface area contributed by atoms with E-state index < -0.39 is 0 Å². The smallest absolute Gasteiger partial charge is 0.314 e. The lowest BCUT2D eigenvalue weighted by molar-refractivity contribution is -0.140. The average Bonchev–Trinajstić information content (AvgIpc) is 2.41. The first kappa shape index (κ1) is 13.9. The Morgan fingerprint density at radius 2 is 1.89 bits per heavy atom. The maximum Gasteiger partial charge on any atom is 0.314 e. The molecule has 1 fully saturated rings. The van der Waals surface area contributed by atoms with Crippen LogP contribution in [0.15, 0.2) is 18.2 Å². The van der Waals surface area contributed by atoms with Crippen LogP contribution in [0.25, 0.3) is 0 Å². The average molecular weight is 262 g/mol. The molecule has 3 nitrogen and oxygen atoms in total. The molecule has 3 heteroatoms. The van der Waals surface area contributed by atoms with E-state index in [1.54, 1.807) is 7.11 Å². The molecule has 0 radical (unpaired) electrons. The predicted octanol–water partition coefficient (Wildman–Crippen LogP) is 3.74. The number of para-hydroxylation sites is 1. The van der Waals surface area contributed by atoms with Crippen molar-refractivity contribution in [3.05, 3.63) is 23.8 Å². The van der Waals surface area contributed by atoms with E-state index in [1.165, 1.54) is 0 Å². The first-order chi connectivity index (χ1) is 9.11. The molecule has 1 saturated carbocycles. The van der Waals surface area contributed by atoms with Gasteiger partial charge in [-0.1, -0.05) is 19.1 Å². The van der Waals surface area contributed by atoms with Gasteiger partial charge in [0.05, 0.1) is 13.0 Å². The highest BCUT2D eigenvalue weighted by Gasteiger charge is 2.27. The first-order valence-electron chi connectivity index (χ1n) is 6.97. The molecule has 1 aromatic rings. The second-order valence-corrected chi connectivity index (χ2v) is 5.48. The Balaban J connectivity index is 2.06. The van der Waals surface area contributed by atoms with Crippen molar-refractivity contribution in [2.24, 2.45) is 11.8 Å². The van der Waals surface area contributed by atoms with Crippen molar-refractivity contribution in [3.63, 3.8) is 0 Å². The van der Waals surface area contributed by atoms with Crippen LogP contribution in [0.5, 0.6) is 11.5 Å². The van der Waals surface area contributed by atoms with E-state index in [0.29, 0.717) is 11.5 Å². The van der Waals surface area contributed by atoms with Crippen LogP contribution >= 0.6 is 0 Å². The summed E-state index contributed by atoms with van der Waals surface area (Å²) in [5.41, 5.74) is 0.928. The number of carbonyl (C=O) groups is 1. The number of rotatable bonds is 3. The largest absolute Gasteiger partial charge is 0.493 e. The van der Waals surface area contributed by atoms with Crippen molar-refractivity contribution < 1.29 is 14.3 Å². The highest BCUT2D eigenvalue weighted by molar-refractivity contribution is 5.76. The van der Waals surface area contributed by atoms with E-state index in [9.17, 15) is 4.79 Å². The van der Waals surface area contributed by atoms with Crippen molar-refractivity contribution in [1.29, 1.82) is 0 Å². The summed E-state index contributed by atoms with van der Waals surface area (Å²) in [5, 5.41) is 0. The SMILES string of the molecule is COc1cccc(C)c1OC(=O)C1CCC(C)CC1. The summed E-state index contributed by atoms with van der Waals surface area (Å²) >= 11 is 0. The Hall–Kier alpha value is -1.51. The summed E-state index contributed by atoms with van der Waals surface area (Å²) in [4.78, 5) is 12.2. The molecule has 0 N–H and O–H groups in total. The van der Waals surface area contributed by atoms with Crippen LogP contribution in [-0.2, 0) is 4.79 Å². The minimum atomic E-state index is -0.112. The quantitative estimate of drug-likeness (QED) is 0.615. The number of aryl methyl sites for hydroxylation is 1.